The lowest BCUT2D eigenvalue weighted by molar-refractivity contribution is -0.166. The minimum atomic E-state index is -1.08. The van der Waals surface area contributed by atoms with Gasteiger partial charge >= 0.3 is 17.9 Å². The number of carbonyl (C=O) groups excluding carboxylic acids is 3. The minimum Gasteiger partial charge on any atom is -0.463 e. The van der Waals surface area contributed by atoms with Gasteiger partial charge in [-0.05, 0) is 0 Å². The van der Waals surface area contributed by atoms with Crippen molar-refractivity contribution in [2.45, 2.75) is 45.3 Å². The zero-order valence-electron chi connectivity index (χ0n) is 15.3. The van der Waals surface area contributed by atoms with Crippen LogP contribution in [-0.2, 0) is 33.3 Å². The molecule has 1 N–H and O–H groups in total. The van der Waals surface area contributed by atoms with E-state index in [9.17, 15) is 19.2 Å². The fourth-order valence-electron chi connectivity index (χ4n) is 2.97. The second-order valence-corrected chi connectivity index (χ2v) is 6.07. The number of aromatic amines is 1. The zero-order chi connectivity index (χ0) is 20.4. The Bertz CT molecular complexity index is 967. The molecule has 12 nitrogen and oxygen atoms in total. The number of hydrogen-bond acceptors (Lipinski definition) is 10. The standard InChI is InChI=1S/C16H18N4O8/c1-7(21)25-4-10-12(26-8(2)22)13(27-9(3)23)16(28-10)20-6-19-11-14(20)17-5-18-15(11)24/h5-6,10,12-13,16H,4H2,1-3H3,(H,17,18,24)/t10?,12-,13-,16-/m1/s1. The second-order valence-electron chi connectivity index (χ2n) is 6.07. The number of fused-ring (bicyclic) bond motifs is 1. The van der Waals surface area contributed by atoms with Gasteiger partial charge in [-0.1, -0.05) is 0 Å². The largest absolute Gasteiger partial charge is 0.463 e. The van der Waals surface area contributed by atoms with Gasteiger partial charge in [-0.15, -0.1) is 0 Å². The quantitative estimate of drug-likeness (QED) is 0.516. The third kappa shape index (κ3) is 3.86. The van der Waals surface area contributed by atoms with E-state index in [1.807, 2.05) is 0 Å². The van der Waals surface area contributed by atoms with Crippen LogP contribution in [0.15, 0.2) is 17.4 Å². The highest BCUT2D eigenvalue weighted by Gasteiger charge is 2.51. The topological polar surface area (TPSA) is 152 Å². The van der Waals surface area contributed by atoms with Gasteiger partial charge in [-0.2, -0.15) is 0 Å². The van der Waals surface area contributed by atoms with Gasteiger partial charge in [0.1, 0.15) is 12.7 Å². The summed E-state index contributed by atoms with van der Waals surface area (Å²) >= 11 is 0. The third-order valence-electron chi connectivity index (χ3n) is 3.98. The van der Waals surface area contributed by atoms with E-state index in [-0.39, 0.29) is 17.8 Å². The minimum absolute atomic E-state index is 0.0557. The number of H-pyrrole nitrogens is 1. The van der Waals surface area contributed by atoms with Crippen molar-refractivity contribution in [1.82, 2.24) is 19.5 Å². The van der Waals surface area contributed by atoms with Gasteiger partial charge in [-0.3, -0.25) is 23.7 Å². The number of carbonyl (C=O) groups is 3. The van der Waals surface area contributed by atoms with E-state index >= 15 is 0 Å². The molecule has 0 bridgehead atoms. The van der Waals surface area contributed by atoms with Gasteiger partial charge < -0.3 is 23.9 Å². The fraction of sp³-hybridized carbons (Fsp3) is 0.500. The molecule has 2 aromatic rings. The lowest BCUT2D eigenvalue weighted by Crippen LogP contribution is -2.40. The maximum Gasteiger partial charge on any atom is 0.303 e. The van der Waals surface area contributed by atoms with E-state index in [4.69, 9.17) is 18.9 Å². The summed E-state index contributed by atoms with van der Waals surface area (Å²) in [6.45, 7) is 3.36. The molecule has 150 valence electrons. The summed E-state index contributed by atoms with van der Waals surface area (Å²) in [5.74, 6) is -1.83. The summed E-state index contributed by atoms with van der Waals surface area (Å²) in [4.78, 5) is 56.8. The number of rotatable bonds is 5. The van der Waals surface area contributed by atoms with Gasteiger partial charge in [0.05, 0.1) is 12.7 Å². The van der Waals surface area contributed by atoms with Crippen LogP contribution in [0.1, 0.15) is 27.0 Å². The molecule has 0 saturated carbocycles. The molecule has 1 aliphatic heterocycles. The molecule has 4 atom stereocenters. The number of nitrogens with one attached hydrogen (secondary N) is 1. The summed E-state index contributed by atoms with van der Waals surface area (Å²) < 4.78 is 22.8. The highest BCUT2D eigenvalue weighted by atomic mass is 16.7. The molecule has 0 aliphatic carbocycles. The first-order chi connectivity index (χ1) is 13.3. The summed E-state index contributed by atoms with van der Waals surface area (Å²) in [5.41, 5.74) is -0.223. The Morgan fingerprint density at radius 2 is 1.79 bits per heavy atom. The van der Waals surface area contributed by atoms with Crippen molar-refractivity contribution in [3.63, 3.8) is 0 Å². The van der Waals surface area contributed by atoms with Crippen LogP contribution in [0.5, 0.6) is 0 Å². The van der Waals surface area contributed by atoms with Crippen molar-refractivity contribution in [2.75, 3.05) is 6.61 Å². The van der Waals surface area contributed by atoms with Crippen LogP contribution >= 0.6 is 0 Å². The van der Waals surface area contributed by atoms with Crippen molar-refractivity contribution < 1.29 is 33.3 Å². The Hall–Kier alpha value is -3.28. The summed E-state index contributed by atoms with van der Waals surface area (Å²) in [7, 11) is 0. The third-order valence-corrected chi connectivity index (χ3v) is 3.98. The van der Waals surface area contributed by atoms with E-state index in [0.29, 0.717) is 0 Å². The molecular weight excluding hydrogens is 376 g/mol. The molecule has 28 heavy (non-hydrogen) atoms. The molecule has 1 saturated heterocycles. The lowest BCUT2D eigenvalue weighted by atomic mass is 10.1. The first kappa shape index (κ1) is 19.5. The maximum absolute atomic E-state index is 11.9. The Labute approximate surface area is 157 Å². The molecule has 0 amide bonds. The number of ether oxygens (including phenoxy) is 4. The van der Waals surface area contributed by atoms with Crippen molar-refractivity contribution in [3.8, 4) is 0 Å². The van der Waals surface area contributed by atoms with Crippen molar-refractivity contribution in [2.24, 2.45) is 0 Å². The van der Waals surface area contributed by atoms with Crippen molar-refractivity contribution in [3.05, 3.63) is 23.0 Å². The van der Waals surface area contributed by atoms with Gasteiger partial charge in [0.25, 0.3) is 5.56 Å². The Morgan fingerprint density at radius 3 is 2.43 bits per heavy atom. The predicted octanol–water partition coefficient (Wildman–Crippen LogP) is -0.556. The summed E-state index contributed by atoms with van der Waals surface area (Å²) in [6, 6.07) is 0. The van der Waals surface area contributed by atoms with Gasteiger partial charge in [0.2, 0.25) is 0 Å². The average molecular weight is 394 g/mol. The van der Waals surface area contributed by atoms with Crippen LogP contribution in [0.25, 0.3) is 11.2 Å². The molecule has 3 heterocycles. The monoisotopic (exact) mass is 394 g/mol. The van der Waals surface area contributed by atoms with Crippen LogP contribution in [0.4, 0.5) is 0 Å². The maximum atomic E-state index is 11.9. The van der Waals surface area contributed by atoms with Crippen LogP contribution in [0.2, 0.25) is 0 Å². The average Bonchev–Trinajstić information content (AvgIpc) is 3.16. The molecule has 3 rings (SSSR count). The molecule has 0 aromatic carbocycles. The highest BCUT2D eigenvalue weighted by molar-refractivity contribution is 5.70. The number of imidazole rings is 1. The van der Waals surface area contributed by atoms with Gasteiger partial charge in [-0.25, -0.2) is 9.97 Å². The molecule has 12 heteroatoms. The molecule has 2 aromatic heterocycles. The fourth-order valence-corrected chi connectivity index (χ4v) is 2.97. The van der Waals surface area contributed by atoms with Crippen LogP contribution in [-0.4, -0.2) is 62.3 Å². The smallest absolute Gasteiger partial charge is 0.303 e. The highest BCUT2D eigenvalue weighted by Crippen LogP contribution is 2.35. The zero-order valence-corrected chi connectivity index (χ0v) is 15.3. The molecular formula is C16H18N4O8. The molecule has 1 unspecified atom stereocenters. The normalized spacial score (nSPS) is 24.1. The number of nitrogens with zero attached hydrogens (tertiary/aromatic N) is 3. The van der Waals surface area contributed by atoms with E-state index in [1.54, 1.807) is 0 Å². The predicted molar refractivity (Wildman–Crippen MR) is 89.8 cm³/mol. The summed E-state index contributed by atoms with van der Waals surface area (Å²) in [6.07, 6.45) is -1.58. The Balaban J connectivity index is 2.02. The SMILES string of the molecule is CC(=O)OCC1O[C@@H](n2cnc3c(=O)[nH]cnc32)[C@H](OC(C)=O)[C@@H]1OC(C)=O. The first-order valence-electron chi connectivity index (χ1n) is 8.31. The number of hydrogen-bond donors (Lipinski definition) is 1. The molecule has 1 aliphatic rings. The van der Waals surface area contributed by atoms with Crippen LogP contribution in [0, 0.1) is 0 Å². The molecule has 1 fully saturated rings. The number of aromatic nitrogens is 4. The lowest BCUT2D eigenvalue weighted by Gasteiger charge is -2.23. The molecule has 0 radical (unpaired) electrons. The van der Waals surface area contributed by atoms with E-state index in [0.717, 1.165) is 0 Å². The summed E-state index contributed by atoms with van der Waals surface area (Å²) in [5, 5.41) is 0. The van der Waals surface area contributed by atoms with E-state index < -0.39 is 48.0 Å². The first-order valence-corrected chi connectivity index (χ1v) is 8.31. The second kappa shape index (κ2) is 7.76. The van der Waals surface area contributed by atoms with Gasteiger partial charge in [0.15, 0.2) is 29.6 Å². The molecule has 0 spiro atoms. The van der Waals surface area contributed by atoms with Crippen LogP contribution in [0.3, 0.4) is 0 Å². The van der Waals surface area contributed by atoms with Gasteiger partial charge in [0, 0.05) is 20.8 Å². The van der Waals surface area contributed by atoms with Crippen molar-refractivity contribution in [1.29, 1.82) is 0 Å². The number of esters is 3. The van der Waals surface area contributed by atoms with Crippen molar-refractivity contribution >= 4 is 29.1 Å². The Kier molecular flexibility index (Phi) is 5.40. The van der Waals surface area contributed by atoms with Crippen LogP contribution < -0.4 is 5.56 Å². The van der Waals surface area contributed by atoms with E-state index in [2.05, 4.69) is 15.0 Å². The van der Waals surface area contributed by atoms with E-state index in [1.165, 1.54) is 38.0 Å². The Morgan fingerprint density at radius 1 is 1.11 bits per heavy atom.